The SMILES string of the molecule is CSCCCC1CN=C(N)N1CCN(C)C. The third-order valence-corrected chi connectivity index (χ3v) is 3.57. The predicted octanol–water partition coefficient (Wildman–Crippen LogP) is 0.690. The summed E-state index contributed by atoms with van der Waals surface area (Å²) in [6.07, 6.45) is 4.62. The molecule has 0 aromatic heterocycles. The summed E-state index contributed by atoms with van der Waals surface area (Å²) in [5.41, 5.74) is 5.91. The fourth-order valence-corrected chi connectivity index (χ4v) is 2.35. The summed E-state index contributed by atoms with van der Waals surface area (Å²) >= 11 is 1.91. The molecule has 1 heterocycles. The zero-order valence-electron chi connectivity index (χ0n) is 10.6. The zero-order chi connectivity index (χ0) is 12.0. The van der Waals surface area contributed by atoms with E-state index in [2.05, 4.69) is 35.1 Å². The molecule has 1 aliphatic rings. The number of nitrogens with two attached hydrogens (primary N) is 1. The molecule has 0 saturated heterocycles. The highest BCUT2D eigenvalue weighted by atomic mass is 32.2. The van der Waals surface area contributed by atoms with Crippen molar-refractivity contribution in [2.75, 3.05) is 45.7 Å². The molecule has 0 fully saturated rings. The van der Waals surface area contributed by atoms with E-state index < -0.39 is 0 Å². The van der Waals surface area contributed by atoms with Gasteiger partial charge in [0.05, 0.1) is 12.6 Å². The van der Waals surface area contributed by atoms with Crippen molar-refractivity contribution >= 4 is 17.7 Å². The fourth-order valence-electron chi connectivity index (χ4n) is 1.89. The molecule has 16 heavy (non-hydrogen) atoms. The topological polar surface area (TPSA) is 44.9 Å². The van der Waals surface area contributed by atoms with Crippen LogP contribution in [-0.2, 0) is 0 Å². The Hall–Kier alpha value is -0.420. The number of nitrogens with zero attached hydrogens (tertiary/aromatic N) is 3. The molecule has 1 atom stereocenters. The van der Waals surface area contributed by atoms with Crippen molar-refractivity contribution in [2.24, 2.45) is 10.7 Å². The number of rotatable bonds is 7. The predicted molar refractivity (Wildman–Crippen MR) is 73.2 cm³/mol. The van der Waals surface area contributed by atoms with E-state index in [4.69, 9.17) is 5.73 Å². The molecule has 0 radical (unpaired) electrons. The molecular formula is C11H24N4S. The van der Waals surface area contributed by atoms with Gasteiger partial charge in [0.15, 0.2) is 5.96 Å². The Kier molecular flexibility index (Phi) is 5.98. The Morgan fingerprint density at radius 1 is 1.56 bits per heavy atom. The van der Waals surface area contributed by atoms with Crippen LogP contribution in [0.2, 0.25) is 0 Å². The van der Waals surface area contributed by atoms with E-state index in [1.165, 1.54) is 18.6 Å². The molecule has 0 amide bonds. The number of aliphatic imine (C=N–C) groups is 1. The van der Waals surface area contributed by atoms with Crippen LogP contribution in [0.4, 0.5) is 0 Å². The van der Waals surface area contributed by atoms with Crippen LogP contribution in [-0.4, -0.2) is 67.5 Å². The van der Waals surface area contributed by atoms with Gasteiger partial charge >= 0.3 is 0 Å². The monoisotopic (exact) mass is 244 g/mol. The summed E-state index contributed by atoms with van der Waals surface area (Å²) in [4.78, 5) is 8.80. The van der Waals surface area contributed by atoms with Crippen LogP contribution in [0.5, 0.6) is 0 Å². The smallest absolute Gasteiger partial charge is 0.191 e. The first-order valence-electron chi connectivity index (χ1n) is 5.85. The van der Waals surface area contributed by atoms with Gasteiger partial charge in [-0.15, -0.1) is 0 Å². The maximum Gasteiger partial charge on any atom is 0.191 e. The average Bonchev–Trinajstić information content (AvgIpc) is 2.57. The molecule has 0 bridgehead atoms. The highest BCUT2D eigenvalue weighted by Gasteiger charge is 2.24. The Morgan fingerprint density at radius 3 is 2.94 bits per heavy atom. The van der Waals surface area contributed by atoms with Gasteiger partial charge in [-0.05, 0) is 38.9 Å². The minimum Gasteiger partial charge on any atom is -0.370 e. The maximum atomic E-state index is 5.91. The highest BCUT2D eigenvalue weighted by Crippen LogP contribution is 2.14. The number of thioether (sulfide) groups is 1. The van der Waals surface area contributed by atoms with Gasteiger partial charge in [0.2, 0.25) is 0 Å². The first-order valence-corrected chi connectivity index (χ1v) is 7.24. The third kappa shape index (κ3) is 4.22. The molecule has 0 aromatic rings. The van der Waals surface area contributed by atoms with Gasteiger partial charge < -0.3 is 15.5 Å². The first kappa shape index (κ1) is 13.6. The lowest BCUT2D eigenvalue weighted by atomic mass is 10.1. The van der Waals surface area contributed by atoms with Crippen LogP contribution < -0.4 is 5.73 Å². The summed E-state index contributed by atoms with van der Waals surface area (Å²) in [5.74, 6) is 1.97. The lowest BCUT2D eigenvalue weighted by Gasteiger charge is -2.27. The van der Waals surface area contributed by atoms with E-state index >= 15 is 0 Å². The van der Waals surface area contributed by atoms with Gasteiger partial charge in [-0.1, -0.05) is 0 Å². The van der Waals surface area contributed by atoms with E-state index in [1.807, 2.05) is 11.8 Å². The zero-order valence-corrected chi connectivity index (χ0v) is 11.5. The molecule has 2 N–H and O–H groups in total. The molecule has 0 saturated carbocycles. The van der Waals surface area contributed by atoms with Crippen molar-refractivity contribution in [1.82, 2.24) is 9.80 Å². The van der Waals surface area contributed by atoms with E-state index in [9.17, 15) is 0 Å². The minimum absolute atomic E-state index is 0.534. The van der Waals surface area contributed by atoms with Crippen LogP contribution in [0.15, 0.2) is 4.99 Å². The lowest BCUT2D eigenvalue weighted by Crippen LogP contribution is -2.44. The number of hydrogen-bond acceptors (Lipinski definition) is 5. The van der Waals surface area contributed by atoms with Gasteiger partial charge in [-0.25, -0.2) is 0 Å². The molecule has 5 heteroatoms. The second-order valence-electron chi connectivity index (χ2n) is 4.48. The Labute approximate surface area is 103 Å². The van der Waals surface area contributed by atoms with Gasteiger partial charge in [0.1, 0.15) is 0 Å². The van der Waals surface area contributed by atoms with E-state index in [0.717, 1.165) is 25.6 Å². The van der Waals surface area contributed by atoms with E-state index in [1.54, 1.807) is 0 Å². The fraction of sp³-hybridized carbons (Fsp3) is 0.909. The number of hydrogen-bond donors (Lipinski definition) is 1. The quantitative estimate of drug-likeness (QED) is 0.669. The second kappa shape index (κ2) is 7.01. The maximum absolute atomic E-state index is 5.91. The van der Waals surface area contributed by atoms with Crippen LogP contribution >= 0.6 is 11.8 Å². The standard InChI is InChI=1S/C11H24N4S/c1-14(2)6-7-15-10(5-4-8-16-3)9-13-11(15)12/h10H,4-9H2,1-3H3,(H2,12,13). The second-order valence-corrected chi connectivity index (χ2v) is 5.47. The lowest BCUT2D eigenvalue weighted by molar-refractivity contribution is 0.280. The molecule has 1 rings (SSSR count). The molecule has 1 unspecified atom stereocenters. The van der Waals surface area contributed by atoms with Crippen molar-refractivity contribution < 1.29 is 0 Å². The summed E-state index contributed by atoms with van der Waals surface area (Å²) in [6, 6.07) is 0.534. The van der Waals surface area contributed by atoms with Crippen molar-refractivity contribution in [1.29, 1.82) is 0 Å². The molecule has 94 valence electrons. The van der Waals surface area contributed by atoms with Gasteiger partial charge in [-0.3, -0.25) is 4.99 Å². The van der Waals surface area contributed by atoms with Crippen molar-refractivity contribution in [3.8, 4) is 0 Å². The first-order chi connectivity index (χ1) is 7.65. The van der Waals surface area contributed by atoms with Crippen molar-refractivity contribution in [3.05, 3.63) is 0 Å². The number of likely N-dealkylation sites (N-methyl/N-ethyl adjacent to an activating group) is 1. The Bertz CT molecular complexity index is 230. The highest BCUT2D eigenvalue weighted by molar-refractivity contribution is 7.98. The molecule has 1 aliphatic heterocycles. The van der Waals surface area contributed by atoms with Crippen molar-refractivity contribution in [3.63, 3.8) is 0 Å². The van der Waals surface area contributed by atoms with E-state index in [0.29, 0.717) is 6.04 Å². The van der Waals surface area contributed by atoms with E-state index in [-0.39, 0.29) is 0 Å². The average molecular weight is 244 g/mol. The van der Waals surface area contributed by atoms with Crippen LogP contribution in [0.3, 0.4) is 0 Å². The number of guanidine groups is 1. The van der Waals surface area contributed by atoms with Crippen LogP contribution in [0.25, 0.3) is 0 Å². The molecule has 0 aliphatic carbocycles. The van der Waals surface area contributed by atoms with Crippen LogP contribution in [0.1, 0.15) is 12.8 Å². The normalized spacial score (nSPS) is 20.6. The van der Waals surface area contributed by atoms with Gasteiger partial charge in [0, 0.05) is 13.1 Å². The molecule has 0 aromatic carbocycles. The molecule has 4 nitrogen and oxygen atoms in total. The largest absolute Gasteiger partial charge is 0.370 e. The summed E-state index contributed by atoms with van der Waals surface area (Å²) in [7, 11) is 4.18. The third-order valence-electron chi connectivity index (χ3n) is 2.87. The Balaban J connectivity index is 2.33. The van der Waals surface area contributed by atoms with Gasteiger partial charge in [-0.2, -0.15) is 11.8 Å². The Morgan fingerprint density at radius 2 is 2.31 bits per heavy atom. The van der Waals surface area contributed by atoms with Crippen LogP contribution in [0, 0.1) is 0 Å². The minimum atomic E-state index is 0.534. The molecular weight excluding hydrogens is 220 g/mol. The van der Waals surface area contributed by atoms with Crippen molar-refractivity contribution in [2.45, 2.75) is 18.9 Å². The summed E-state index contributed by atoms with van der Waals surface area (Å²) < 4.78 is 0. The van der Waals surface area contributed by atoms with Gasteiger partial charge in [0.25, 0.3) is 0 Å². The molecule has 0 spiro atoms. The summed E-state index contributed by atoms with van der Waals surface area (Å²) in [6.45, 7) is 2.91. The summed E-state index contributed by atoms with van der Waals surface area (Å²) in [5, 5.41) is 0.